The molecule has 0 unspecified atom stereocenters. The summed E-state index contributed by atoms with van der Waals surface area (Å²) in [6, 6.07) is 12.5. The van der Waals surface area contributed by atoms with Crippen LogP contribution in [0, 0.1) is 18.3 Å². The molecule has 0 bridgehead atoms. The van der Waals surface area contributed by atoms with Crippen LogP contribution < -0.4 is 0 Å². The highest BCUT2D eigenvalue weighted by atomic mass is 15.0. The van der Waals surface area contributed by atoms with E-state index < -0.39 is 0 Å². The first-order valence-corrected chi connectivity index (χ1v) is 7.34. The van der Waals surface area contributed by atoms with Crippen LogP contribution in [0.4, 0.5) is 0 Å². The van der Waals surface area contributed by atoms with Gasteiger partial charge in [-0.05, 0) is 50.6 Å². The van der Waals surface area contributed by atoms with Crippen molar-refractivity contribution >= 4 is 22.7 Å². The van der Waals surface area contributed by atoms with E-state index in [4.69, 9.17) is 0 Å². The lowest BCUT2D eigenvalue weighted by molar-refractivity contribution is 0.589. The van der Waals surface area contributed by atoms with Gasteiger partial charge in [0, 0.05) is 17.9 Å². The van der Waals surface area contributed by atoms with E-state index in [0.717, 1.165) is 16.6 Å². The van der Waals surface area contributed by atoms with Crippen molar-refractivity contribution in [2.45, 2.75) is 26.8 Å². The molecular formula is C18H18N4. The molecule has 110 valence electrons. The number of hydrogen-bond donors (Lipinski definition) is 1. The van der Waals surface area contributed by atoms with Crippen LogP contribution in [0.25, 0.3) is 22.7 Å². The largest absolute Gasteiger partial charge is 0.349 e. The Labute approximate surface area is 129 Å². The maximum absolute atomic E-state index is 9.47. The predicted molar refractivity (Wildman–Crippen MR) is 89.1 cm³/mol. The van der Waals surface area contributed by atoms with E-state index in [0.29, 0.717) is 17.4 Å². The summed E-state index contributed by atoms with van der Waals surface area (Å²) in [4.78, 5) is 7.69. The van der Waals surface area contributed by atoms with Crippen LogP contribution >= 0.6 is 0 Å². The van der Waals surface area contributed by atoms with Gasteiger partial charge in [0.1, 0.15) is 11.9 Å². The summed E-state index contributed by atoms with van der Waals surface area (Å²) in [7, 11) is 0. The molecule has 0 spiro atoms. The number of aromatic nitrogens is 3. The van der Waals surface area contributed by atoms with Crippen molar-refractivity contribution in [1.29, 1.82) is 5.26 Å². The second kappa shape index (κ2) is 5.53. The number of nitrogens with zero attached hydrogens (tertiary/aromatic N) is 3. The minimum atomic E-state index is 0.402. The van der Waals surface area contributed by atoms with Crippen molar-refractivity contribution in [1.82, 2.24) is 14.5 Å². The Hall–Kier alpha value is -2.80. The lowest BCUT2D eigenvalue weighted by Gasteiger charge is -2.08. The summed E-state index contributed by atoms with van der Waals surface area (Å²) >= 11 is 0. The average molecular weight is 290 g/mol. The van der Waals surface area contributed by atoms with Crippen LogP contribution in [0.15, 0.2) is 36.5 Å². The van der Waals surface area contributed by atoms with Gasteiger partial charge in [-0.15, -0.1) is 0 Å². The van der Waals surface area contributed by atoms with Gasteiger partial charge in [0.25, 0.3) is 0 Å². The fourth-order valence-corrected chi connectivity index (χ4v) is 2.65. The number of fused-ring (bicyclic) bond motifs is 1. The van der Waals surface area contributed by atoms with Gasteiger partial charge in [-0.1, -0.05) is 12.1 Å². The number of imidazole rings is 1. The molecule has 3 aromatic rings. The van der Waals surface area contributed by atoms with Gasteiger partial charge in [-0.3, -0.25) is 0 Å². The third-order valence-corrected chi connectivity index (χ3v) is 3.70. The number of nitriles is 1. The van der Waals surface area contributed by atoms with Crippen LogP contribution in [0.2, 0.25) is 0 Å². The Bertz CT molecular complexity index is 854. The third-order valence-electron chi connectivity index (χ3n) is 3.70. The molecule has 2 aromatic heterocycles. The maximum Gasteiger partial charge on any atom is 0.149 e. The number of hydrogen-bond acceptors (Lipinski definition) is 2. The van der Waals surface area contributed by atoms with E-state index in [1.165, 1.54) is 5.69 Å². The molecule has 0 aliphatic carbocycles. The Morgan fingerprint density at radius 2 is 2.14 bits per heavy atom. The lowest BCUT2D eigenvalue weighted by Crippen LogP contribution is -1.99. The summed E-state index contributed by atoms with van der Waals surface area (Å²) in [5.74, 6) is 0.610. The normalized spacial score (nSPS) is 12.0. The number of rotatable bonds is 3. The predicted octanol–water partition coefficient (Wildman–Crippen LogP) is 4.32. The first-order chi connectivity index (χ1) is 10.6. The van der Waals surface area contributed by atoms with Gasteiger partial charge in [-0.2, -0.15) is 5.26 Å². The van der Waals surface area contributed by atoms with E-state index >= 15 is 0 Å². The van der Waals surface area contributed by atoms with Crippen molar-refractivity contribution in [3.05, 3.63) is 53.6 Å². The first-order valence-electron chi connectivity index (χ1n) is 7.34. The number of allylic oxidation sites excluding steroid dienone is 1. The minimum Gasteiger partial charge on any atom is -0.349 e. The highest BCUT2D eigenvalue weighted by molar-refractivity contribution is 5.90. The quantitative estimate of drug-likeness (QED) is 0.730. The van der Waals surface area contributed by atoms with E-state index in [9.17, 15) is 5.26 Å². The molecule has 22 heavy (non-hydrogen) atoms. The summed E-state index contributed by atoms with van der Waals surface area (Å²) in [6.45, 7) is 6.36. The van der Waals surface area contributed by atoms with Gasteiger partial charge in [0.05, 0.1) is 16.6 Å². The number of para-hydroxylation sites is 2. The molecule has 1 N–H and O–H groups in total. The summed E-state index contributed by atoms with van der Waals surface area (Å²) < 4.78 is 2.19. The van der Waals surface area contributed by atoms with Crippen LogP contribution in [0.5, 0.6) is 0 Å². The first kappa shape index (κ1) is 14.2. The van der Waals surface area contributed by atoms with Gasteiger partial charge < -0.3 is 9.55 Å². The standard InChI is InChI=1S/C18H18N4/c1-12(2)22-11-14(8-13(22)3)9-15(10-19)18-20-16-6-4-5-7-17(16)21-18/h4-9,11-12H,1-3H3,(H,20,21)/b15-9+. The SMILES string of the molecule is Cc1cc(/C=C(\C#N)c2nc3ccccc3[nH]2)cn1C(C)C. The smallest absolute Gasteiger partial charge is 0.149 e. The van der Waals surface area contributed by atoms with Crippen molar-refractivity contribution in [2.75, 3.05) is 0 Å². The molecule has 4 nitrogen and oxygen atoms in total. The highest BCUT2D eigenvalue weighted by Crippen LogP contribution is 2.21. The van der Waals surface area contributed by atoms with Gasteiger partial charge in [-0.25, -0.2) is 4.98 Å². The minimum absolute atomic E-state index is 0.402. The third kappa shape index (κ3) is 2.53. The summed E-state index contributed by atoms with van der Waals surface area (Å²) in [5.41, 5.74) is 4.55. The van der Waals surface area contributed by atoms with Crippen LogP contribution in [0.3, 0.4) is 0 Å². The molecular weight excluding hydrogens is 272 g/mol. The van der Waals surface area contributed by atoms with Crippen LogP contribution in [0.1, 0.15) is 37.0 Å². The number of nitrogens with one attached hydrogen (secondary N) is 1. The van der Waals surface area contributed by atoms with E-state index in [1.807, 2.05) is 30.3 Å². The van der Waals surface area contributed by atoms with Crippen molar-refractivity contribution in [3.8, 4) is 6.07 Å². The average Bonchev–Trinajstić information content (AvgIpc) is 3.07. The van der Waals surface area contributed by atoms with Crippen LogP contribution in [-0.2, 0) is 0 Å². The van der Waals surface area contributed by atoms with Crippen LogP contribution in [-0.4, -0.2) is 14.5 Å². The van der Waals surface area contributed by atoms with E-state index in [1.54, 1.807) is 0 Å². The Kier molecular flexibility index (Phi) is 3.56. The monoisotopic (exact) mass is 290 g/mol. The van der Waals surface area contributed by atoms with E-state index in [-0.39, 0.29) is 0 Å². The molecule has 0 amide bonds. The topological polar surface area (TPSA) is 57.4 Å². The van der Waals surface area contributed by atoms with Gasteiger partial charge in [0.2, 0.25) is 0 Å². The summed E-state index contributed by atoms with van der Waals surface area (Å²) in [5, 5.41) is 9.47. The highest BCUT2D eigenvalue weighted by Gasteiger charge is 2.09. The molecule has 1 aromatic carbocycles. The zero-order valence-electron chi connectivity index (χ0n) is 13.0. The zero-order chi connectivity index (χ0) is 15.7. The molecule has 2 heterocycles. The molecule has 3 rings (SSSR count). The van der Waals surface area contributed by atoms with E-state index in [2.05, 4.69) is 53.6 Å². The molecule has 0 atom stereocenters. The second-order valence-electron chi connectivity index (χ2n) is 5.69. The van der Waals surface area contributed by atoms with Crippen molar-refractivity contribution in [3.63, 3.8) is 0 Å². The maximum atomic E-state index is 9.47. The fourth-order valence-electron chi connectivity index (χ4n) is 2.65. The van der Waals surface area contributed by atoms with Crippen molar-refractivity contribution in [2.24, 2.45) is 0 Å². The molecule has 0 saturated heterocycles. The molecule has 4 heteroatoms. The molecule has 0 radical (unpaired) electrons. The van der Waals surface area contributed by atoms with Gasteiger partial charge >= 0.3 is 0 Å². The number of H-pyrrole nitrogens is 1. The van der Waals surface area contributed by atoms with Crippen molar-refractivity contribution < 1.29 is 0 Å². The lowest BCUT2D eigenvalue weighted by atomic mass is 10.2. The van der Waals surface area contributed by atoms with Gasteiger partial charge in [0.15, 0.2) is 0 Å². The summed E-state index contributed by atoms with van der Waals surface area (Å²) in [6.07, 6.45) is 3.95. The molecule has 0 fully saturated rings. The Balaban J connectivity index is 2.03. The number of aromatic amines is 1. The Morgan fingerprint density at radius 3 is 2.77 bits per heavy atom. The molecule has 0 aliphatic heterocycles. The number of benzene rings is 1. The molecule has 0 aliphatic rings. The molecule has 0 saturated carbocycles. The number of aryl methyl sites for hydroxylation is 1. The fraction of sp³-hybridized carbons (Fsp3) is 0.222. The Morgan fingerprint density at radius 1 is 1.36 bits per heavy atom. The zero-order valence-corrected chi connectivity index (χ0v) is 13.0. The second-order valence-corrected chi connectivity index (χ2v) is 5.69.